The summed E-state index contributed by atoms with van der Waals surface area (Å²) in [6, 6.07) is 11.1. The Bertz CT molecular complexity index is 418. The molecule has 1 fully saturated rings. The van der Waals surface area contributed by atoms with Crippen LogP contribution in [0.25, 0.3) is 6.08 Å². The highest BCUT2D eigenvalue weighted by atomic mass is 16.5. The molecule has 0 saturated carbocycles. The van der Waals surface area contributed by atoms with Crippen LogP contribution in [0.5, 0.6) is 0 Å². The van der Waals surface area contributed by atoms with E-state index < -0.39 is 0 Å². The number of piperazine rings is 1. The second-order valence-corrected chi connectivity index (χ2v) is 5.65. The van der Waals surface area contributed by atoms with Crippen molar-refractivity contribution in [1.82, 2.24) is 9.80 Å². The number of nitrogens with zero attached hydrogens (tertiary/aromatic N) is 2. The summed E-state index contributed by atoms with van der Waals surface area (Å²) in [6.45, 7) is 11.6. The fourth-order valence-corrected chi connectivity index (χ4v) is 2.80. The summed E-state index contributed by atoms with van der Waals surface area (Å²) in [5.41, 5.74) is 1.28. The van der Waals surface area contributed by atoms with Crippen molar-refractivity contribution >= 4 is 6.08 Å². The van der Waals surface area contributed by atoms with Crippen LogP contribution < -0.4 is 0 Å². The summed E-state index contributed by atoms with van der Waals surface area (Å²) in [6.07, 6.45) is 4.49. The van der Waals surface area contributed by atoms with Gasteiger partial charge in [-0.05, 0) is 19.4 Å². The van der Waals surface area contributed by atoms with E-state index in [1.165, 1.54) is 5.56 Å². The molecular weight excluding hydrogens is 260 g/mol. The van der Waals surface area contributed by atoms with E-state index in [9.17, 15) is 0 Å². The lowest BCUT2D eigenvalue weighted by molar-refractivity contribution is 0.0535. The minimum Gasteiger partial charge on any atom is -0.380 e. The number of hydrogen-bond donors (Lipinski definition) is 0. The Morgan fingerprint density at radius 2 is 2.05 bits per heavy atom. The normalized spacial score (nSPS) is 21.1. The quantitative estimate of drug-likeness (QED) is 0.718. The van der Waals surface area contributed by atoms with Gasteiger partial charge in [0.2, 0.25) is 0 Å². The van der Waals surface area contributed by atoms with E-state index in [1.54, 1.807) is 0 Å². The van der Waals surface area contributed by atoms with Crippen LogP contribution in [0.3, 0.4) is 0 Å². The van der Waals surface area contributed by atoms with Crippen molar-refractivity contribution in [2.75, 3.05) is 45.9 Å². The molecule has 1 heterocycles. The van der Waals surface area contributed by atoms with Crippen molar-refractivity contribution in [3.63, 3.8) is 0 Å². The van der Waals surface area contributed by atoms with Gasteiger partial charge in [0.25, 0.3) is 0 Å². The Labute approximate surface area is 129 Å². The highest BCUT2D eigenvalue weighted by Gasteiger charge is 2.22. The largest absolute Gasteiger partial charge is 0.380 e. The van der Waals surface area contributed by atoms with Crippen molar-refractivity contribution in [3.8, 4) is 0 Å². The first-order valence-corrected chi connectivity index (χ1v) is 8.05. The molecule has 1 aliphatic heterocycles. The molecule has 0 aromatic heterocycles. The summed E-state index contributed by atoms with van der Waals surface area (Å²) in [5.74, 6) is 0. The number of ether oxygens (including phenoxy) is 1. The van der Waals surface area contributed by atoms with Crippen LogP contribution in [0.4, 0.5) is 0 Å². The zero-order valence-corrected chi connectivity index (χ0v) is 13.4. The molecule has 0 N–H and O–H groups in total. The van der Waals surface area contributed by atoms with Gasteiger partial charge in [0.1, 0.15) is 0 Å². The number of rotatable bonds is 7. The Kier molecular flexibility index (Phi) is 6.93. The molecule has 1 aliphatic rings. The number of hydrogen-bond acceptors (Lipinski definition) is 3. The van der Waals surface area contributed by atoms with Crippen molar-refractivity contribution in [2.45, 2.75) is 19.9 Å². The first-order valence-electron chi connectivity index (χ1n) is 8.05. The van der Waals surface area contributed by atoms with Crippen LogP contribution in [0.1, 0.15) is 19.4 Å². The van der Waals surface area contributed by atoms with Crippen molar-refractivity contribution in [2.24, 2.45) is 0 Å². The second kappa shape index (κ2) is 8.98. The first kappa shape index (κ1) is 16.2. The summed E-state index contributed by atoms with van der Waals surface area (Å²) in [4.78, 5) is 5.06. The molecule has 0 spiro atoms. The number of benzene rings is 1. The molecule has 21 heavy (non-hydrogen) atoms. The predicted molar refractivity (Wildman–Crippen MR) is 89.4 cm³/mol. The van der Waals surface area contributed by atoms with E-state index >= 15 is 0 Å². The lowest BCUT2D eigenvalue weighted by atomic mass is 10.2. The van der Waals surface area contributed by atoms with Crippen molar-refractivity contribution in [3.05, 3.63) is 42.0 Å². The standard InChI is InChI=1S/C18H28N2O/c1-3-21-15-14-20-13-12-19(16-17(20)2)11-7-10-18-8-5-4-6-9-18/h4-10,17H,3,11-16H2,1-2H3/b10-7-/t17-/m0/s1. The van der Waals surface area contributed by atoms with Gasteiger partial charge in [0.15, 0.2) is 0 Å². The Morgan fingerprint density at radius 1 is 1.24 bits per heavy atom. The Hall–Kier alpha value is -1.16. The van der Waals surface area contributed by atoms with E-state index in [-0.39, 0.29) is 0 Å². The molecule has 0 aliphatic carbocycles. The molecule has 116 valence electrons. The first-order chi connectivity index (χ1) is 10.3. The fourth-order valence-electron chi connectivity index (χ4n) is 2.80. The van der Waals surface area contributed by atoms with Gasteiger partial charge in [-0.15, -0.1) is 0 Å². The van der Waals surface area contributed by atoms with E-state index in [4.69, 9.17) is 4.74 Å². The molecule has 3 heteroatoms. The van der Waals surface area contributed by atoms with Crippen LogP contribution in [0, 0.1) is 0 Å². The van der Waals surface area contributed by atoms with Crippen molar-refractivity contribution in [1.29, 1.82) is 0 Å². The van der Waals surface area contributed by atoms with Gasteiger partial charge in [0.05, 0.1) is 6.61 Å². The smallest absolute Gasteiger partial charge is 0.0593 e. The lowest BCUT2D eigenvalue weighted by Crippen LogP contribution is -2.52. The van der Waals surface area contributed by atoms with Crippen molar-refractivity contribution < 1.29 is 4.74 Å². The molecule has 0 bridgehead atoms. The van der Waals surface area contributed by atoms with Gasteiger partial charge >= 0.3 is 0 Å². The van der Waals surface area contributed by atoms with Gasteiger partial charge in [-0.2, -0.15) is 0 Å². The summed E-state index contributed by atoms with van der Waals surface area (Å²) < 4.78 is 5.46. The highest BCUT2D eigenvalue weighted by molar-refractivity contribution is 5.48. The SMILES string of the molecule is CCOCCN1CCN(C/C=C\c2ccccc2)C[C@@H]1C. The third-order valence-corrected chi connectivity index (χ3v) is 4.05. The van der Waals surface area contributed by atoms with E-state index in [0.29, 0.717) is 6.04 Å². The molecule has 1 saturated heterocycles. The maximum atomic E-state index is 5.46. The topological polar surface area (TPSA) is 15.7 Å². The van der Waals surface area contributed by atoms with Crippen LogP contribution >= 0.6 is 0 Å². The molecule has 2 rings (SSSR count). The highest BCUT2D eigenvalue weighted by Crippen LogP contribution is 2.09. The van der Waals surface area contributed by atoms with Crippen LogP contribution in [0.2, 0.25) is 0 Å². The van der Waals surface area contributed by atoms with Gasteiger partial charge in [-0.25, -0.2) is 0 Å². The Balaban J connectivity index is 1.71. The minimum atomic E-state index is 0.615. The second-order valence-electron chi connectivity index (χ2n) is 5.65. The molecular formula is C18H28N2O. The molecule has 0 radical (unpaired) electrons. The average Bonchev–Trinajstić information content (AvgIpc) is 2.51. The maximum absolute atomic E-state index is 5.46. The molecule has 1 aromatic carbocycles. The zero-order valence-electron chi connectivity index (χ0n) is 13.4. The van der Waals surface area contributed by atoms with Crippen LogP contribution in [-0.2, 0) is 4.74 Å². The molecule has 0 amide bonds. The minimum absolute atomic E-state index is 0.615. The fraction of sp³-hybridized carbons (Fsp3) is 0.556. The Morgan fingerprint density at radius 3 is 2.76 bits per heavy atom. The summed E-state index contributed by atoms with van der Waals surface area (Å²) in [7, 11) is 0. The van der Waals surface area contributed by atoms with Gasteiger partial charge in [-0.3, -0.25) is 9.80 Å². The van der Waals surface area contributed by atoms with E-state index in [1.807, 2.05) is 0 Å². The third-order valence-electron chi connectivity index (χ3n) is 4.05. The lowest BCUT2D eigenvalue weighted by Gasteiger charge is -2.39. The average molecular weight is 288 g/mol. The van der Waals surface area contributed by atoms with Crippen LogP contribution in [-0.4, -0.2) is 61.8 Å². The van der Waals surface area contributed by atoms with Crippen LogP contribution in [0.15, 0.2) is 36.4 Å². The monoisotopic (exact) mass is 288 g/mol. The van der Waals surface area contributed by atoms with Gasteiger partial charge in [-0.1, -0.05) is 42.5 Å². The van der Waals surface area contributed by atoms with Gasteiger partial charge < -0.3 is 4.74 Å². The summed E-state index contributed by atoms with van der Waals surface area (Å²) in [5, 5.41) is 0. The van der Waals surface area contributed by atoms with E-state index in [2.05, 4.69) is 66.1 Å². The zero-order chi connectivity index (χ0) is 14.9. The molecule has 1 aromatic rings. The molecule has 3 nitrogen and oxygen atoms in total. The molecule has 1 atom stereocenters. The predicted octanol–water partition coefficient (Wildman–Crippen LogP) is 2.74. The third kappa shape index (κ3) is 5.62. The molecule has 0 unspecified atom stereocenters. The summed E-state index contributed by atoms with van der Waals surface area (Å²) >= 11 is 0. The van der Waals surface area contributed by atoms with E-state index in [0.717, 1.165) is 45.9 Å². The van der Waals surface area contributed by atoms with Gasteiger partial charge in [0, 0.05) is 45.4 Å². The maximum Gasteiger partial charge on any atom is 0.0593 e.